The second-order valence-corrected chi connectivity index (χ2v) is 16.1. The van der Waals surface area contributed by atoms with E-state index >= 15 is 0 Å². The van der Waals surface area contributed by atoms with Crippen LogP contribution in [0.5, 0.6) is 0 Å². The summed E-state index contributed by atoms with van der Waals surface area (Å²) in [5.41, 5.74) is 2.80. The zero-order valence-electron chi connectivity index (χ0n) is 33.4. The predicted molar refractivity (Wildman–Crippen MR) is 208 cm³/mol. The quantitative estimate of drug-likeness (QED) is 0.165. The fourth-order valence-corrected chi connectivity index (χ4v) is 7.79. The molecule has 1 aliphatic carbocycles. The summed E-state index contributed by atoms with van der Waals surface area (Å²) in [6.07, 6.45) is -4.26. The summed E-state index contributed by atoms with van der Waals surface area (Å²) in [6.45, 7) is 10.3. The van der Waals surface area contributed by atoms with E-state index in [0.717, 1.165) is 22.3 Å². The summed E-state index contributed by atoms with van der Waals surface area (Å²) in [5, 5.41) is 13.5. The third kappa shape index (κ3) is 11.6. The molecule has 1 fully saturated rings. The van der Waals surface area contributed by atoms with Crippen molar-refractivity contribution in [1.82, 2.24) is 25.6 Å². The molecule has 312 valence electrons. The number of nitrogens with one attached hydrogen (secondary N) is 2. The first-order valence-electron chi connectivity index (χ1n) is 18.8. The van der Waals surface area contributed by atoms with Gasteiger partial charge in [-0.05, 0) is 48.8 Å². The van der Waals surface area contributed by atoms with E-state index in [9.17, 15) is 28.8 Å². The molecule has 0 saturated carbocycles. The monoisotopic (exact) mass is 823 g/mol. The number of amides is 2. The number of nitrogens with zero attached hydrogens (tertiary/aromatic N) is 3. The Kier molecular flexibility index (Phi) is 14.5. The van der Waals surface area contributed by atoms with Crippen LogP contribution in [0.15, 0.2) is 54.7 Å². The molecule has 17 nitrogen and oxygen atoms in total. The number of rotatable bonds is 15. The second kappa shape index (κ2) is 19.3. The number of thioether (sulfide) groups is 1. The number of hydrogen-bond donors (Lipinski definition) is 2. The summed E-state index contributed by atoms with van der Waals surface area (Å²) >= 11 is 1.31. The lowest BCUT2D eigenvalue weighted by molar-refractivity contribution is -0.233. The number of carbonyl (C=O) groups is 6. The molecule has 5 rings (SSSR count). The minimum absolute atomic E-state index is 0.00330. The van der Waals surface area contributed by atoms with Crippen LogP contribution in [0.25, 0.3) is 11.1 Å². The van der Waals surface area contributed by atoms with Crippen LogP contribution in [0.1, 0.15) is 77.6 Å². The van der Waals surface area contributed by atoms with Crippen LogP contribution in [0.4, 0.5) is 4.79 Å². The Morgan fingerprint density at radius 1 is 0.862 bits per heavy atom. The van der Waals surface area contributed by atoms with Crippen molar-refractivity contribution >= 4 is 47.6 Å². The number of ether oxygens (including phenoxy) is 6. The van der Waals surface area contributed by atoms with E-state index in [1.54, 1.807) is 20.8 Å². The summed E-state index contributed by atoms with van der Waals surface area (Å²) < 4.78 is 35.4. The molecule has 2 amide bonds. The summed E-state index contributed by atoms with van der Waals surface area (Å²) in [7, 11) is 0. The summed E-state index contributed by atoms with van der Waals surface area (Å²) in [6, 6.07) is 14.4. The first-order chi connectivity index (χ1) is 27.5. The molecule has 1 saturated heterocycles. The van der Waals surface area contributed by atoms with Crippen LogP contribution in [0.2, 0.25) is 0 Å². The number of fused-ring (bicyclic) bond motifs is 3. The van der Waals surface area contributed by atoms with Crippen molar-refractivity contribution in [2.45, 2.75) is 115 Å². The Bertz CT molecular complexity index is 1940. The van der Waals surface area contributed by atoms with Crippen LogP contribution in [0.3, 0.4) is 0 Å². The molecule has 3 aromatic rings. The van der Waals surface area contributed by atoms with Gasteiger partial charge in [0.15, 0.2) is 18.3 Å². The Hall–Kier alpha value is -5.49. The fourth-order valence-electron chi connectivity index (χ4n) is 6.84. The summed E-state index contributed by atoms with van der Waals surface area (Å²) in [5.74, 6) is -3.10. The Morgan fingerprint density at radius 3 is 2.03 bits per heavy atom. The number of aromatic nitrogens is 3. The molecule has 6 atom stereocenters. The van der Waals surface area contributed by atoms with Gasteiger partial charge in [0.25, 0.3) is 0 Å². The molecule has 0 spiro atoms. The predicted octanol–water partition coefficient (Wildman–Crippen LogP) is 3.81. The second-order valence-electron chi connectivity index (χ2n) is 14.7. The zero-order chi connectivity index (χ0) is 42.1. The van der Waals surface area contributed by atoms with Crippen LogP contribution in [-0.2, 0) is 65.5 Å². The maximum atomic E-state index is 13.5. The van der Waals surface area contributed by atoms with E-state index in [0.29, 0.717) is 11.4 Å². The SMILES string of the molecule is CCS[C@H]1OC(Cn2cc(CNC(=O)[C@H](CC(=O)OC(C)(C)C)NC(=O)OCC3c4ccccc4-c4ccccc43)nn2)[C@@H](OC(C)=O)C(OC(C)=O)C1OC(C)=O. The van der Waals surface area contributed by atoms with E-state index in [1.165, 1.54) is 43.4 Å². The molecular formula is C40H49N5O12S. The van der Waals surface area contributed by atoms with Gasteiger partial charge in [0.1, 0.15) is 35.5 Å². The van der Waals surface area contributed by atoms with Crippen LogP contribution in [0, 0.1) is 0 Å². The first kappa shape index (κ1) is 43.6. The highest BCUT2D eigenvalue weighted by Crippen LogP contribution is 2.44. The number of benzene rings is 2. The molecule has 2 N–H and O–H groups in total. The van der Waals surface area contributed by atoms with Crippen molar-refractivity contribution in [2.24, 2.45) is 0 Å². The molecule has 1 aliphatic heterocycles. The van der Waals surface area contributed by atoms with E-state index in [1.807, 2.05) is 55.5 Å². The maximum absolute atomic E-state index is 13.5. The van der Waals surface area contributed by atoms with Gasteiger partial charge in [0.05, 0.1) is 25.7 Å². The third-order valence-electron chi connectivity index (χ3n) is 8.97. The lowest BCUT2D eigenvalue weighted by Crippen LogP contribution is -2.61. The van der Waals surface area contributed by atoms with E-state index in [4.69, 9.17) is 28.4 Å². The molecule has 2 aliphatic rings. The number of alkyl carbamates (subject to hydrolysis) is 1. The molecule has 0 radical (unpaired) electrons. The topological polar surface area (TPSA) is 213 Å². The van der Waals surface area contributed by atoms with Crippen molar-refractivity contribution in [2.75, 3.05) is 12.4 Å². The van der Waals surface area contributed by atoms with Gasteiger partial charge in [0.2, 0.25) is 5.91 Å². The minimum atomic E-state index is -1.36. The van der Waals surface area contributed by atoms with Crippen molar-refractivity contribution in [3.8, 4) is 11.1 Å². The molecule has 3 unspecified atom stereocenters. The normalized spacial score (nSPS) is 20.4. The van der Waals surface area contributed by atoms with E-state index < -0.39 is 83.8 Å². The standard InChI is InChI=1S/C40H49N5O12S/c1-8-58-38-36(55-24(4)48)35(54-23(3)47)34(53-22(2)46)32(56-38)20-45-19-25(43-44-45)18-41-37(50)31(17-33(49)57-40(5,6)7)42-39(51)52-21-30-28-15-11-9-13-26(28)27-14-10-12-16-29(27)30/h9-16,19,30-32,34-36,38H,8,17-18,20-21H2,1-7H3,(H,41,50)(H,42,51)/t31-,32?,34+,35?,36?,38+/m0/s1. The third-order valence-corrected chi connectivity index (χ3v) is 10.0. The molecule has 2 aromatic carbocycles. The average molecular weight is 824 g/mol. The first-order valence-corrected chi connectivity index (χ1v) is 19.9. The van der Waals surface area contributed by atoms with E-state index in [2.05, 4.69) is 20.9 Å². The Morgan fingerprint density at radius 2 is 1.45 bits per heavy atom. The smallest absolute Gasteiger partial charge is 0.407 e. The minimum Gasteiger partial charge on any atom is -0.460 e. The van der Waals surface area contributed by atoms with Gasteiger partial charge in [-0.15, -0.1) is 16.9 Å². The van der Waals surface area contributed by atoms with Crippen molar-refractivity contribution in [1.29, 1.82) is 0 Å². The van der Waals surface area contributed by atoms with Gasteiger partial charge < -0.3 is 39.1 Å². The van der Waals surface area contributed by atoms with Crippen LogP contribution >= 0.6 is 11.8 Å². The van der Waals surface area contributed by atoms with Crippen LogP contribution in [-0.4, -0.2) is 105 Å². The number of hydrogen-bond acceptors (Lipinski definition) is 15. The van der Waals surface area contributed by atoms with Gasteiger partial charge >= 0.3 is 30.0 Å². The maximum Gasteiger partial charge on any atom is 0.407 e. The molecule has 0 bridgehead atoms. The Labute approximate surface area is 340 Å². The zero-order valence-corrected chi connectivity index (χ0v) is 34.2. The fraction of sp³-hybridized carbons (Fsp3) is 0.500. The lowest BCUT2D eigenvalue weighted by Gasteiger charge is -2.44. The average Bonchev–Trinajstić information content (AvgIpc) is 3.73. The van der Waals surface area contributed by atoms with Gasteiger partial charge in [0, 0.05) is 26.7 Å². The molecule has 58 heavy (non-hydrogen) atoms. The highest BCUT2D eigenvalue weighted by atomic mass is 32.2. The largest absolute Gasteiger partial charge is 0.460 e. The lowest BCUT2D eigenvalue weighted by atomic mass is 9.98. The van der Waals surface area contributed by atoms with E-state index in [-0.39, 0.29) is 25.6 Å². The molecular weight excluding hydrogens is 775 g/mol. The molecule has 2 heterocycles. The van der Waals surface area contributed by atoms with Crippen molar-refractivity contribution in [3.63, 3.8) is 0 Å². The summed E-state index contributed by atoms with van der Waals surface area (Å²) in [4.78, 5) is 76.0. The van der Waals surface area contributed by atoms with Crippen LogP contribution < -0.4 is 10.6 Å². The van der Waals surface area contributed by atoms with Gasteiger partial charge in [-0.2, -0.15) is 0 Å². The Balaban J connectivity index is 1.26. The highest BCUT2D eigenvalue weighted by Gasteiger charge is 2.52. The van der Waals surface area contributed by atoms with Gasteiger partial charge in [-0.1, -0.05) is 60.7 Å². The number of esters is 4. The molecule has 1 aromatic heterocycles. The highest BCUT2D eigenvalue weighted by molar-refractivity contribution is 7.99. The van der Waals surface area contributed by atoms with Crippen molar-refractivity contribution < 1.29 is 57.2 Å². The number of carbonyl (C=O) groups excluding carboxylic acids is 6. The van der Waals surface area contributed by atoms with Gasteiger partial charge in [-0.3, -0.25) is 24.0 Å². The van der Waals surface area contributed by atoms with Gasteiger partial charge in [-0.25, -0.2) is 9.48 Å². The van der Waals surface area contributed by atoms with Crippen molar-refractivity contribution in [3.05, 3.63) is 71.5 Å². The molecule has 18 heteroatoms.